The summed E-state index contributed by atoms with van der Waals surface area (Å²) in [5.74, 6) is 0.0871. The molecule has 0 radical (unpaired) electrons. The monoisotopic (exact) mass is 275 g/mol. The lowest BCUT2D eigenvalue weighted by Gasteiger charge is -2.33. The van der Waals surface area contributed by atoms with Gasteiger partial charge >= 0.3 is 0 Å². The van der Waals surface area contributed by atoms with Crippen molar-refractivity contribution in [2.45, 2.75) is 25.3 Å². The Bertz CT molecular complexity index is 318. The van der Waals surface area contributed by atoms with Crippen LogP contribution in [0.15, 0.2) is 0 Å². The number of likely N-dealkylation sites (tertiary alicyclic amines) is 1. The highest BCUT2D eigenvalue weighted by Crippen LogP contribution is 2.21. The Kier molecular flexibility index (Phi) is 5.41. The predicted octanol–water partition coefficient (Wildman–Crippen LogP) is 0.0969. The van der Waals surface area contributed by atoms with Gasteiger partial charge in [0.25, 0.3) is 0 Å². The van der Waals surface area contributed by atoms with Gasteiger partial charge in [-0.25, -0.2) is 0 Å². The average molecular weight is 276 g/mol. The van der Waals surface area contributed by atoms with E-state index in [-0.39, 0.29) is 30.1 Å². The van der Waals surface area contributed by atoms with Crippen molar-refractivity contribution >= 4 is 24.2 Å². The maximum Gasteiger partial charge on any atom is 0.227 e. The van der Waals surface area contributed by atoms with Crippen molar-refractivity contribution in [3.05, 3.63) is 0 Å². The summed E-state index contributed by atoms with van der Waals surface area (Å²) in [6.45, 7) is 2.53. The lowest BCUT2D eigenvalue weighted by atomic mass is 10.0. The third kappa shape index (κ3) is 3.14. The van der Waals surface area contributed by atoms with Crippen molar-refractivity contribution in [2.75, 3.05) is 33.7 Å². The summed E-state index contributed by atoms with van der Waals surface area (Å²) in [6, 6.07) is 0.338. The number of rotatable bonds is 2. The predicted molar refractivity (Wildman–Crippen MR) is 71.7 cm³/mol. The maximum atomic E-state index is 12.3. The second kappa shape index (κ2) is 6.38. The summed E-state index contributed by atoms with van der Waals surface area (Å²) < 4.78 is 0. The fourth-order valence-electron chi connectivity index (χ4n) is 2.69. The molecule has 104 valence electrons. The van der Waals surface area contributed by atoms with E-state index in [9.17, 15) is 9.59 Å². The Balaban J connectivity index is 0.00000162. The summed E-state index contributed by atoms with van der Waals surface area (Å²) in [5, 5.41) is 3.29. The van der Waals surface area contributed by atoms with Crippen LogP contribution in [-0.4, -0.2) is 61.4 Å². The van der Waals surface area contributed by atoms with Gasteiger partial charge in [-0.3, -0.25) is 9.59 Å². The quantitative estimate of drug-likeness (QED) is 0.778. The minimum Gasteiger partial charge on any atom is -0.345 e. The highest BCUT2D eigenvalue weighted by molar-refractivity contribution is 5.89. The number of halogens is 1. The van der Waals surface area contributed by atoms with E-state index in [1.807, 2.05) is 11.9 Å². The Morgan fingerprint density at radius 2 is 2.00 bits per heavy atom. The van der Waals surface area contributed by atoms with Gasteiger partial charge in [0.15, 0.2) is 0 Å². The van der Waals surface area contributed by atoms with Gasteiger partial charge in [0.1, 0.15) is 0 Å². The first kappa shape index (κ1) is 15.2. The van der Waals surface area contributed by atoms with Crippen LogP contribution in [0.5, 0.6) is 0 Å². The van der Waals surface area contributed by atoms with Crippen molar-refractivity contribution in [1.82, 2.24) is 15.1 Å². The summed E-state index contributed by atoms with van der Waals surface area (Å²) in [6.07, 6.45) is 2.40. The molecule has 2 heterocycles. The zero-order valence-electron chi connectivity index (χ0n) is 11.0. The number of carbonyl (C=O) groups excluding carboxylic acids is 2. The lowest BCUT2D eigenvalue weighted by molar-refractivity contribution is -0.137. The molecule has 2 aliphatic heterocycles. The molecule has 2 rings (SSSR count). The van der Waals surface area contributed by atoms with Gasteiger partial charge in [-0.1, -0.05) is 0 Å². The van der Waals surface area contributed by atoms with E-state index in [0.29, 0.717) is 19.0 Å². The summed E-state index contributed by atoms with van der Waals surface area (Å²) in [5.41, 5.74) is 0. The molecule has 1 atom stereocenters. The Morgan fingerprint density at radius 1 is 1.39 bits per heavy atom. The van der Waals surface area contributed by atoms with Crippen LogP contribution in [0.25, 0.3) is 0 Å². The number of hydrogen-bond acceptors (Lipinski definition) is 3. The molecule has 0 aromatic heterocycles. The molecular formula is C12H22ClN3O2. The minimum absolute atomic E-state index is 0. The second-order valence-corrected chi connectivity index (χ2v) is 5.11. The molecule has 2 amide bonds. The zero-order valence-corrected chi connectivity index (χ0v) is 11.8. The molecule has 0 spiro atoms. The molecule has 2 aliphatic rings. The fraction of sp³-hybridized carbons (Fsp3) is 0.833. The largest absolute Gasteiger partial charge is 0.345 e. The number of nitrogens with one attached hydrogen (secondary N) is 1. The molecular weight excluding hydrogens is 254 g/mol. The first-order valence-corrected chi connectivity index (χ1v) is 6.31. The number of nitrogens with zero attached hydrogens (tertiary/aromatic N) is 2. The number of piperidine rings is 1. The van der Waals surface area contributed by atoms with Crippen LogP contribution in [0, 0.1) is 5.92 Å². The normalized spacial score (nSPS) is 24.9. The van der Waals surface area contributed by atoms with Gasteiger partial charge in [-0.2, -0.15) is 0 Å². The summed E-state index contributed by atoms with van der Waals surface area (Å²) in [7, 11) is 3.64. The molecule has 0 aromatic carbocycles. The fourth-order valence-corrected chi connectivity index (χ4v) is 2.69. The van der Waals surface area contributed by atoms with Crippen molar-refractivity contribution in [1.29, 1.82) is 0 Å². The topological polar surface area (TPSA) is 52.7 Å². The molecule has 18 heavy (non-hydrogen) atoms. The van der Waals surface area contributed by atoms with Crippen LogP contribution in [0.1, 0.15) is 19.3 Å². The van der Waals surface area contributed by atoms with E-state index in [1.54, 1.807) is 11.9 Å². The van der Waals surface area contributed by atoms with Gasteiger partial charge in [-0.15, -0.1) is 12.4 Å². The van der Waals surface area contributed by atoms with Crippen LogP contribution < -0.4 is 5.32 Å². The number of carbonyl (C=O) groups is 2. The van der Waals surface area contributed by atoms with Crippen molar-refractivity contribution in [2.24, 2.45) is 5.92 Å². The molecule has 2 saturated heterocycles. The number of amides is 2. The molecule has 0 bridgehead atoms. The smallest absolute Gasteiger partial charge is 0.227 e. The second-order valence-electron chi connectivity index (χ2n) is 5.11. The molecule has 2 fully saturated rings. The van der Waals surface area contributed by atoms with Crippen molar-refractivity contribution < 1.29 is 9.59 Å². The Morgan fingerprint density at radius 3 is 2.50 bits per heavy atom. The molecule has 1 N–H and O–H groups in total. The summed E-state index contributed by atoms with van der Waals surface area (Å²) >= 11 is 0. The molecule has 0 aromatic rings. The van der Waals surface area contributed by atoms with Crippen LogP contribution >= 0.6 is 12.4 Å². The van der Waals surface area contributed by atoms with E-state index in [2.05, 4.69) is 5.32 Å². The first-order valence-electron chi connectivity index (χ1n) is 6.31. The van der Waals surface area contributed by atoms with Crippen molar-refractivity contribution in [3.8, 4) is 0 Å². The van der Waals surface area contributed by atoms with Crippen molar-refractivity contribution in [3.63, 3.8) is 0 Å². The van der Waals surface area contributed by atoms with Gasteiger partial charge < -0.3 is 15.1 Å². The van der Waals surface area contributed by atoms with E-state index in [1.165, 1.54) is 0 Å². The molecule has 1 unspecified atom stereocenters. The molecule has 0 aliphatic carbocycles. The molecule has 0 saturated carbocycles. The molecule has 6 heteroatoms. The van der Waals surface area contributed by atoms with Gasteiger partial charge in [-0.05, 0) is 25.9 Å². The third-order valence-electron chi connectivity index (χ3n) is 3.89. The van der Waals surface area contributed by atoms with Gasteiger partial charge in [0, 0.05) is 33.1 Å². The van der Waals surface area contributed by atoms with Crippen LogP contribution in [0.2, 0.25) is 0 Å². The molecule has 5 nitrogen and oxygen atoms in total. The van der Waals surface area contributed by atoms with E-state index in [4.69, 9.17) is 0 Å². The lowest BCUT2D eigenvalue weighted by Crippen LogP contribution is -2.46. The standard InChI is InChI=1S/C12H21N3O2.ClH/c1-14-8-9(7-11(14)16)12(17)15(2)10-3-5-13-6-4-10;/h9-10,13H,3-8H2,1-2H3;1H. The Hall–Kier alpha value is -0.810. The minimum atomic E-state index is -0.132. The number of hydrogen-bond donors (Lipinski definition) is 1. The zero-order chi connectivity index (χ0) is 12.4. The van der Waals surface area contributed by atoms with Crippen LogP contribution in [0.3, 0.4) is 0 Å². The first-order chi connectivity index (χ1) is 8.09. The SMILES string of the molecule is CN1CC(C(=O)N(C)C2CCNCC2)CC1=O.Cl. The van der Waals surface area contributed by atoms with E-state index in [0.717, 1.165) is 25.9 Å². The third-order valence-corrected chi connectivity index (χ3v) is 3.89. The van der Waals surface area contributed by atoms with Gasteiger partial charge in [0.05, 0.1) is 5.92 Å². The highest BCUT2D eigenvalue weighted by Gasteiger charge is 2.35. The highest BCUT2D eigenvalue weighted by atomic mass is 35.5. The van der Waals surface area contributed by atoms with Crippen LogP contribution in [-0.2, 0) is 9.59 Å². The Labute approximate surface area is 114 Å². The van der Waals surface area contributed by atoms with Gasteiger partial charge in [0.2, 0.25) is 11.8 Å². The van der Waals surface area contributed by atoms with E-state index >= 15 is 0 Å². The van der Waals surface area contributed by atoms with Crippen LogP contribution in [0.4, 0.5) is 0 Å². The summed E-state index contributed by atoms with van der Waals surface area (Å²) in [4.78, 5) is 27.2. The maximum absolute atomic E-state index is 12.3. The van der Waals surface area contributed by atoms with E-state index < -0.39 is 0 Å². The average Bonchev–Trinajstić information content (AvgIpc) is 2.69.